The summed E-state index contributed by atoms with van der Waals surface area (Å²) in [6, 6.07) is 4.90. The zero-order valence-corrected chi connectivity index (χ0v) is 16.7. The van der Waals surface area contributed by atoms with Crippen LogP contribution in [0.2, 0.25) is 0 Å². The van der Waals surface area contributed by atoms with E-state index < -0.39 is 9.84 Å². The zero-order valence-electron chi connectivity index (χ0n) is 15.9. The van der Waals surface area contributed by atoms with Gasteiger partial charge in [-0.1, -0.05) is 12.8 Å². The van der Waals surface area contributed by atoms with Gasteiger partial charge in [-0.3, -0.25) is 4.79 Å². The van der Waals surface area contributed by atoms with E-state index in [9.17, 15) is 13.2 Å². The number of benzene rings is 1. The number of hydrogen-bond donors (Lipinski definition) is 0. The Morgan fingerprint density at radius 2 is 1.85 bits per heavy atom. The molecule has 0 bridgehead atoms. The van der Waals surface area contributed by atoms with Crippen LogP contribution in [0.5, 0.6) is 5.75 Å². The molecule has 1 saturated carbocycles. The molecule has 0 spiro atoms. The minimum Gasteiger partial charge on any atom is -0.490 e. The van der Waals surface area contributed by atoms with Crippen LogP contribution >= 0.6 is 0 Å². The number of carbonyl (C=O) groups excluding carboxylic acids is 1. The van der Waals surface area contributed by atoms with Gasteiger partial charge in [0, 0.05) is 18.8 Å². The third-order valence-corrected chi connectivity index (χ3v) is 6.59. The van der Waals surface area contributed by atoms with Gasteiger partial charge < -0.3 is 9.64 Å². The molecule has 1 amide bonds. The van der Waals surface area contributed by atoms with E-state index >= 15 is 0 Å². The molecule has 5 nitrogen and oxygen atoms in total. The van der Waals surface area contributed by atoms with Crippen LogP contribution in [0.25, 0.3) is 0 Å². The largest absolute Gasteiger partial charge is 0.490 e. The minimum absolute atomic E-state index is 0.0885. The average Bonchev–Trinajstić information content (AvgIpc) is 2.59. The molecule has 26 heavy (non-hydrogen) atoms. The number of likely N-dealkylation sites (tertiary alicyclic amines) is 1. The fourth-order valence-electron chi connectivity index (χ4n) is 4.30. The molecule has 2 fully saturated rings. The Hall–Kier alpha value is -1.56. The number of nitrogens with zero attached hydrogens (tertiary/aromatic N) is 1. The highest BCUT2D eigenvalue weighted by molar-refractivity contribution is 7.90. The van der Waals surface area contributed by atoms with E-state index in [1.54, 1.807) is 6.07 Å². The molecular formula is C20H29NO4S. The van der Waals surface area contributed by atoms with Crippen molar-refractivity contribution in [3.63, 3.8) is 0 Å². The first-order valence-electron chi connectivity index (χ1n) is 9.59. The fourth-order valence-corrected chi connectivity index (χ4v) is 4.94. The Labute approximate surface area is 156 Å². The van der Waals surface area contributed by atoms with Crippen LogP contribution in [0.1, 0.15) is 62.7 Å². The zero-order chi connectivity index (χ0) is 18.9. The number of piperidine rings is 1. The second-order valence-electron chi connectivity index (χ2n) is 7.85. The summed E-state index contributed by atoms with van der Waals surface area (Å²) in [7, 11) is -3.38. The maximum atomic E-state index is 13.4. The lowest BCUT2D eigenvalue weighted by atomic mass is 9.78. The minimum atomic E-state index is -3.38. The molecule has 2 aliphatic rings. The van der Waals surface area contributed by atoms with E-state index in [1.165, 1.54) is 31.4 Å². The normalized spacial score (nSPS) is 23.6. The predicted octanol–water partition coefficient (Wildman–Crippen LogP) is 3.67. The Morgan fingerprint density at radius 3 is 2.54 bits per heavy atom. The lowest BCUT2D eigenvalue weighted by molar-refractivity contribution is 0.0386. The molecule has 1 aliphatic heterocycles. The molecule has 1 heterocycles. The first-order chi connectivity index (χ1) is 12.3. The van der Waals surface area contributed by atoms with Crippen LogP contribution in [0.15, 0.2) is 23.1 Å². The standard InChI is InChI=1S/C20H29NO4S/c1-14(2)25-19-11-10-16(26(3,23)24)13-17(19)20(22)21-12-6-8-15-7-4-5-9-18(15)21/h10-11,13-15,18H,4-9,12H2,1-3H3/t15-,18-/m0/s1. The lowest BCUT2D eigenvalue weighted by Gasteiger charge is -2.44. The van der Waals surface area contributed by atoms with Crippen molar-refractivity contribution in [1.82, 2.24) is 4.90 Å². The third kappa shape index (κ3) is 4.05. The van der Waals surface area contributed by atoms with Gasteiger partial charge in [-0.2, -0.15) is 0 Å². The van der Waals surface area contributed by atoms with Crippen LogP contribution in [0.3, 0.4) is 0 Å². The van der Waals surface area contributed by atoms with Crippen molar-refractivity contribution in [3.8, 4) is 5.75 Å². The summed E-state index contributed by atoms with van der Waals surface area (Å²) in [5.74, 6) is 0.951. The number of rotatable bonds is 4. The molecule has 3 rings (SSSR count). The van der Waals surface area contributed by atoms with Crippen LogP contribution in [0.4, 0.5) is 0 Å². The summed E-state index contributed by atoms with van der Waals surface area (Å²) in [4.78, 5) is 15.5. The van der Waals surface area contributed by atoms with Gasteiger partial charge in [0.1, 0.15) is 5.75 Å². The Morgan fingerprint density at radius 1 is 1.15 bits per heavy atom. The molecule has 1 aromatic carbocycles. The van der Waals surface area contributed by atoms with Crippen LogP contribution in [-0.2, 0) is 9.84 Å². The smallest absolute Gasteiger partial charge is 0.257 e. The number of ether oxygens (including phenoxy) is 1. The molecule has 0 aromatic heterocycles. The molecule has 0 radical (unpaired) electrons. The van der Waals surface area contributed by atoms with Gasteiger partial charge in [0.25, 0.3) is 5.91 Å². The summed E-state index contributed by atoms with van der Waals surface area (Å²) in [6.07, 6.45) is 7.91. The predicted molar refractivity (Wildman–Crippen MR) is 101 cm³/mol. The topological polar surface area (TPSA) is 63.7 Å². The summed E-state index contributed by atoms with van der Waals surface area (Å²) in [6.45, 7) is 4.54. The maximum Gasteiger partial charge on any atom is 0.257 e. The fraction of sp³-hybridized carbons (Fsp3) is 0.650. The Balaban J connectivity index is 1.98. The number of hydrogen-bond acceptors (Lipinski definition) is 4. The molecule has 0 N–H and O–H groups in total. The van der Waals surface area contributed by atoms with Crippen molar-refractivity contribution in [2.75, 3.05) is 12.8 Å². The molecule has 6 heteroatoms. The summed E-state index contributed by atoms with van der Waals surface area (Å²) in [5, 5.41) is 0. The van der Waals surface area contributed by atoms with E-state index in [0.717, 1.165) is 32.1 Å². The van der Waals surface area contributed by atoms with Gasteiger partial charge in [0.2, 0.25) is 0 Å². The van der Waals surface area contributed by atoms with Gasteiger partial charge >= 0.3 is 0 Å². The first-order valence-corrected chi connectivity index (χ1v) is 11.5. The molecule has 144 valence electrons. The first kappa shape index (κ1) is 19.2. The van der Waals surface area contributed by atoms with E-state index in [1.807, 2.05) is 18.7 Å². The highest BCUT2D eigenvalue weighted by Gasteiger charge is 2.37. The average molecular weight is 380 g/mol. The van der Waals surface area contributed by atoms with Crippen LogP contribution < -0.4 is 4.74 Å². The van der Waals surface area contributed by atoms with Crippen molar-refractivity contribution in [2.45, 2.75) is 69.4 Å². The quantitative estimate of drug-likeness (QED) is 0.801. The van der Waals surface area contributed by atoms with Crippen LogP contribution in [-0.4, -0.2) is 44.2 Å². The molecule has 1 saturated heterocycles. The van der Waals surface area contributed by atoms with E-state index in [2.05, 4.69) is 0 Å². The van der Waals surface area contributed by atoms with Crippen molar-refractivity contribution in [2.24, 2.45) is 5.92 Å². The van der Waals surface area contributed by atoms with Crippen molar-refractivity contribution in [1.29, 1.82) is 0 Å². The summed E-state index contributed by atoms with van der Waals surface area (Å²) >= 11 is 0. The Bertz CT molecular complexity index is 770. The summed E-state index contributed by atoms with van der Waals surface area (Å²) in [5.41, 5.74) is 0.368. The molecular weight excluding hydrogens is 350 g/mol. The van der Waals surface area contributed by atoms with E-state index in [0.29, 0.717) is 17.2 Å². The monoisotopic (exact) mass is 379 g/mol. The number of amides is 1. The molecule has 0 unspecified atom stereocenters. The molecule has 1 aliphatic carbocycles. The SMILES string of the molecule is CC(C)Oc1ccc(S(C)(=O)=O)cc1C(=O)N1CCC[C@@H]2CCCC[C@@H]21. The number of sulfone groups is 1. The van der Waals surface area contributed by atoms with Gasteiger partial charge in [-0.05, 0) is 63.6 Å². The third-order valence-electron chi connectivity index (χ3n) is 5.48. The Kier molecular flexibility index (Phi) is 5.61. The number of carbonyl (C=O) groups is 1. The van der Waals surface area contributed by atoms with Gasteiger partial charge in [-0.15, -0.1) is 0 Å². The van der Waals surface area contributed by atoms with Crippen molar-refractivity contribution >= 4 is 15.7 Å². The highest BCUT2D eigenvalue weighted by Crippen LogP contribution is 2.37. The maximum absolute atomic E-state index is 13.4. The van der Waals surface area contributed by atoms with E-state index in [4.69, 9.17) is 4.74 Å². The van der Waals surface area contributed by atoms with E-state index in [-0.39, 0.29) is 22.9 Å². The van der Waals surface area contributed by atoms with Gasteiger partial charge in [-0.25, -0.2) is 8.42 Å². The van der Waals surface area contributed by atoms with Crippen molar-refractivity contribution < 1.29 is 17.9 Å². The second-order valence-corrected chi connectivity index (χ2v) is 9.87. The molecule has 1 aromatic rings. The highest BCUT2D eigenvalue weighted by atomic mass is 32.2. The van der Waals surface area contributed by atoms with Gasteiger partial charge in [0.05, 0.1) is 16.6 Å². The lowest BCUT2D eigenvalue weighted by Crippen LogP contribution is -2.49. The number of fused-ring (bicyclic) bond motifs is 1. The van der Waals surface area contributed by atoms with Gasteiger partial charge in [0.15, 0.2) is 9.84 Å². The summed E-state index contributed by atoms with van der Waals surface area (Å²) < 4.78 is 29.8. The molecule has 2 atom stereocenters. The van der Waals surface area contributed by atoms with Crippen molar-refractivity contribution in [3.05, 3.63) is 23.8 Å². The second kappa shape index (κ2) is 7.59. The van der Waals surface area contributed by atoms with Crippen LogP contribution in [0, 0.1) is 5.92 Å².